The minimum Gasteiger partial charge on any atom is -0.349 e. The van der Waals surface area contributed by atoms with E-state index in [1.807, 2.05) is 30.3 Å². The Kier molecular flexibility index (Phi) is 5.72. The van der Waals surface area contributed by atoms with Gasteiger partial charge in [-0.25, -0.2) is 0 Å². The van der Waals surface area contributed by atoms with Crippen LogP contribution in [0.5, 0.6) is 0 Å². The van der Waals surface area contributed by atoms with Crippen LogP contribution < -0.4 is 5.32 Å². The van der Waals surface area contributed by atoms with Crippen molar-refractivity contribution in [3.05, 3.63) is 63.6 Å². The minimum absolute atomic E-state index is 0.0630. The molecule has 1 N–H and O–H groups in total. The van der Waals surface area contributed by atoms with Crippen LogP contribution in [0.1, 0.15) is 24.5 Å². The lowest BCUT2D eigenvalue weighted by atomic mass is 10.1. The number of amides is 1. The Balaban J connectivity index is 1.38. The molecule has 2 heterocycles. The Bertz CT molecular complexity index is 928. The van der Waals surface area contributed by atoms with Crippen LogP contribution in [-0.2, 0) is 17.8 Å². The highest BCUT2D eigenvalue weighted by Gasteiger charge is 2.35. The summed E-state index contributed by atoms with van der Waals surface area (Å²) in [6.45, 7) is 4.20. The first-order valence-corrected chi connectivity index (χ1v) is 10.3. The molecule has 2 unspecified atom stereocenters. The number of nitrogens with zero attached hydrogens (tertiary/aromatic N) is 2. The van der Waals surface area contributed by atoms with Gasteiger partial charge in [0.1, 0.15) is 0 Å². The molecule has 1 fully saturated rings. The smallest absolute Gasteiger partial charge is 0.237 e. The predicted molar refractivity (Wildman–Crippen MR) is 115 cm³/mol. The molecular formula is C22H23Cl2N3O. The van der Waals surface area contributed by atoms with Gasteiger partial charge in [-0.2, -0.15) is 0 Å². The molecule has 0 spiro atoms. The largest absolute Gasteiger partial charge is 0.349 e. The van der Waals surface area contributed by atoms with Gasteiger partial charge in [-0.15, -0.1) is 0 Å². The second kappa shape index (κ2) is 8.24. The maximum Gasteiger partial charge on any atom is 0.237 e. The number of carbonyl (C=O) groups is 1. The molecule has 146 valence electrons. The highest BCUT2D eigenvalue weighted by Crippen LogP contribution is 2.29. The van der Waals surface area contributed by atoms with Crippen molar-refractivity contribution in [3.8, 4) is 0 Å². The molecule has 1 saturated heterocycles. The maximum atomic E-state index is 12.9. The lowest BCUT2D eigenvalue weighted by Crippen LogP contribution is -2.44. The summed E-state index contributed by atoms with van der Waals surface area (Å²) in [4.78, 5) is 19.7. The SMILES string of the molecule is CC1CC(C(=O)NCC2=Nc3ccccc3C2)N(Cc2ccc(Cl)cc2Cl)C1. The van der Waals surface area contributed by atoms with Crippen molar-refractivity contribution in [3.63, 3.8) is 0 Å². The molecule has 0 radical (unpaired) electrons. The third kappa shape index (κ3) is 4.24. The van der Waals surface area contributed by atoms with Crippen LogP contribution in [0.4, 0.5) is 5.69 Å². The van der Waals surface area contributed by atoms with Crippen LogP contribution >= 0.6 is 23.2 Å². The summed E-state index contributed by atoms with van der Waals surface area (Å²) >= 11 is 12.3. The van der Waals surface area contributed by atoms with Crippen LogP contribution in [0.25, 0.3) is 0 Å². The molecular weight excluding hydrogens is 393 g/mol. The van der Waals surface area contributed by atoms with Crippen molar-refractivity contribution < 1.29 is 4.79 Å². The van der Waals surface area contributed by atoms with Crippen molar-refractivity contribution in [1.82, 2.24) is 10.2 Å². The first-order chi connectivity index (χ1) is 13.5. The maximum absolute atomic E-state index is 12.9. The number of para-hydroxylation sites is 1. The zero-order valence-corrected chi connectivity index (χ0v) is 17.3. The van der Waals surface area contributed by atoms with E-state index in [0.29, 0.717) is 29.1 Å². The molecule has 2 aromatic rings. The summed E-state index contributed by atoms with van der Waals surface area (Å²) in [6.07, 6.45) is 1.66. The van der Waals surface area contributed by atoms with E-state index in [2.05, 4.69) is 28.2 Å². The standard InChI is InChI=1S/C22H23Cl2N3O/c1-14-8-21(27(12-14)13-16-6-7-17(23)10-19(16)24)22(28)25-11-18-9-15-4-2-3-5-20(15)26-18/h2-7,10,14,21H,8-9,11-13H2,1H3,(H,25,28). The first kappa shape index (κ1) is 19.4. The average Bonchev–Trinajstić information content (AvgIpc) is 3.25. The fourth-order valence-corrected chi connectivity index (χ4v) is 4.52. The Morgan fingerprint density at radius 3 is 2.86 bits per heavy atom. The van der Waals surface area contributed by atoms with E-state index in [1.165, 1.54) is 5.56 Å². The van der Waals surface area contributed by atoms with Gasteiger partial charge in [-0.3, -0.25) is 14.7 Å². The van der Waals surface area contributed by atoms with Gasteiger partial charge in [0.05, 0.1) is 18.3 Å². The lowest BCUT2D eigenvalue weighted by molar-refractivity contribution is -0.125. The number of aliphatic imine (C=N–C) groups is 1. The quantitative estimate of drug-likeness (QED) is 0.771. The van der Waals surface area contributed by atoms with Gasteiger partial charge in [0.15, 0.2) is 0 Å². The Labute approximate surface area is 175 Å². The van der Waals surface area contributed by atoms with E-state index in [-0.39, 0.29) is 11.9 Å². The van der Waals surface area contributed by atoms with Gasteiger partial charge < -0.3 is 5.32 Å². The number of likely N-dealkylation sites (tertiary alicyclic amines) is 1. The number of benzene rings is 2. The molecule has 0 bridgehead atoms. The minimum atomic E-state index is -0.147. The van der Waals surface area contributed by atoms with Crippen LogP contribution in [0.15, 0.2) is 47.5 Å². The summed E-state index contributed by atoms with van der Waals surface area (Å²) < 4.78 is 0. The third-order valence-corrected chi connectivity index (χ3v) is 6.02. The third-order valence-electron chi connectivity index (χ3n) is 5.44. The molecule has 1 amide bonds. The molecule has 2 atom stereocenters. The van der Waals surface area contributed by atoms with Crippen LogP contribution in [0.3, 0.4) is 0 Å². The van der Waals surface area contributed by atoms with Gasteiger partial charge in [-0.05, 0) is 41.7 Å². The molecule has 0 aliphatic carbocycles. The van der Waals surface area contributed by atoms with Crippen molar-refractivity contribution in [2.45, 2.75) is 32.4 Å². The highest BCUT2D eigenvalue weighted by molar-refractivity contribution is 6.35. The Morgan fingerprint density at radius 2 is 2.07 bits per heavy atom. The average molecular weight is 416 g/mol. The van der Waals surface area contributed by atoms with Crippen molar-refractivity contribution in [2.75, 3.05) is 13.1 Å². The normalized spacial score (nSPS) is 21.5. The number of hydrogen-bond acceptors (Lipinski definition) is 3. The number of hydrogen-bond donors (Lipinski definition) is 1. The van der Waals surface area contributed by atoms with Gasteiger partial charge in [0.25, 0.3) is 0 Å². The second-order valence-corrected chi connectivity index (χ2v) is 8.57. The van der Waals surface area contributed by atoms with Crippen molar-refractivity contribution >= 4 is 40.5 Å². The van der Waals surface area contributed by atoms with Crippen LogP contribution in [-0.4, -0.2) is 35.7 Å². The summed E-state index contributed by atoms with van der Waals surface area (Å²) in [7, 11) is 0. The summed E-state index contributed by atoms with van der Waals surface area (Å²) in [5.74, 6) is 0.531. The molecule has 4 rings (SSSR count). The number of nitrogens with one attached hydrogen (secondary N) is 1. The van der Waals surface area contributed by atoms with Gasteiger partial charge in [0.2, 0.25) is 5.91 Å². The fraction of sp³-hybridized carbons (Fsp3) is 0.364. The van der Waals surface area contributed by atoms with Crippen molar-refractivity contribution in [2.24, 2.45) is 10.9 Å². The van der Waals surface area contributed by atoms with Crippen LogP contribution in [0.2, 0.25) is 10.0 Å². The van der Waals surface area contributed by atoms with Crippen LogP contribution in [0, 0.1) is 5.92 Å². The van der Waals surface area contributed by atoms with E-state index in [4.69, 9.17) is 23.2 Å². The number of rotatable bonds is 5. The predicted octanol–water partition coefficient (Wildman–Crippen LogP) is 4.65. The van der Waals surface area contributed by atoms with E-state index in [0.717, 1.165) is 36.3 Å². The van der Waals surface area contributed by atoms with Crippen molar-refractivity contribution in [1.29, 1.82) is 0 Å². The molecule has 28 heavy (non-hydrogen) atoms. The van der Waals surface area contributed by atoms with E-state index in [9.17, 15) is 4.79 Å². The summed E-state index contributed by atoms with van der Waals surface area (Å²) in [5.41, 5.74) is 4.24. The van der Waals surface area contributed by atoms with E-state index in [1.54, 1.807) is 6.07 Å². The molecule has 2 aliphatic rings. The topological polar surface area (TPSA) is 44.7 Å². The Morgan fingerprint density at radius 1 is 1.25 bits per heavy atom. The molecule has 2 aromatic carbocycles. The van der Waals surface area contributed by atoms with Gasteiger partial charge in [-0.1, -0.05) is 54.4 Å². The number of carbonyl (C=O) groups excluding carboxylic acids is 1. The zero-order valence-electron chi connectivity index (χ0n) is 15.8. The second-order valence-electron chi connectivity index (χ2n) is 7.72. The zero-order chi connectivity index (χ0) is 19.7. The molecule has 4 nitrogen and oxygen atoms in total. The molecule has 2 aliphatic heterocycles. The number of halogens is 2. The Hall–Kier alpha value is -1.88. The molecule has 6 heteroatoms. The fourth-order valence-electron chi connectivity index (χ4n) is 4.06. The first-order valence-electron chi connectivity index (χ1n) is 9.59. The number of fused-ring (bicyclic) bond motifs is 1. The summed E-state index contributed by atoms with van der Waals surface area (Å²) in [6, 6.07) is 13.5. The van der Waals surface area contributed by atoms with E-state index >= 15 is 0 Å². The summed E-state index contributed by atoms with van der Waals surface area (Å²) in [5, 5.41) is 4.36. The monoisotopic (exact) mass is 415 g/mol. The lowest BCUT2D eigenvalue weighted by Gasteiger charge is -2.24. The van der Waals surface area contributed by atoms with E-state index < -0.39 is 0 Å². The highest BCUT2D eigenvalue weighted by atomic mass is 35.5. The van der Waals surface area contributed by atoms with Gasteiger partial charge >= 0.3 is 0 Å². The molecule has 0 aromatic heterocycles. The van der Waals surface area contributed by atoms with Gasteiger partial charge in [0, 0.05) is 35.3 Å². The molecule has 0 saturated carbocycles.